The molecule has 1 fully saturated rings. The third-order valence-corrected chi connectivity index (χ3v) is 7.45. The average Bonchev–Trinajstić information content (AvgIpc) is 3.03. The predicted octanol–water partition coefficient (Wildman–Crippen LogP) is 0.797. The van der Waals surface area contributed by atoms with E-state index in [1.54, 1.807) is 10.6 Å². The molecule has 0 aliphatic carbocycles. The number of thioether (sulfide) groups is 1. The number of hydrogen-bond acceptors (Lipinski definition) is 5. The highest BCUT2D eigenvalue weighted by Gasteiger charge is 2.50. The summed E-state index contributed by atoms with van der Waals surface area (Å²) >= 11 is 1.53. The Hall–Kier alpha value is -1.06. The van der Waals surface area contributed by atoms with Crippen LogP contribution in [0.1, 0.15) is 31.2 Å². The van der Waals surface area contributed by atoms with Crippen molar-refractivity contribution in [3.05, 3.63) is 17.7 Å². The molecule has 134 valence electrons. The minimum atomic E-state index is -3.34. The third kappa shape index (κ3) is 2.86. The molecule has 3 heterocycles. The van der Waals surface area contributed by atoms with E-state index >= 15 is 0 Å². The van der Waals surface area contributed by atoms with E-state index < -0.39 is 15.6 Å². The van der Waals surface area contributed by atoms with Crippen LogP contribution in [0.3, 0.4) is 0 Å². The van der Waals surface area contributed by atoms with Gasteiger partial charge in [0, 0.05) is 31.7 Å². The van der Waals surface area contributed by atoms with Crippen LogP contribution in [0.25, 0.3) is 0 Å². The lowest BCUT2D eigenvalue weighted by atomic mass is 9.80. The van der Waals surface area contributed by atoms with Crippen LogP contribution in [0.5, 0.6) is 0 Å². The van der Waals surface area contributed by atoms with Gasteiger partial charge in [-0.15, -0.1) is 0 Å². The highest BCUT2D eigenvalue weighted by Crippen LogP contribution is 2.43. The van der Waals surface area contributed by atoms with Gasteiger partial charge in [-0.05, 0) is 26.0 Å². The molecule has 1 aromatic rings. The van der Waals surface area contributed by atoms with E-state index in [1.165, 1.54) is 18.0 Å². The van der Waals surface area contributed by atoms with Crippen LogP contribution in [0.15, 0.2) is 6.33 Å². The van der Waals surface area contributed by atoms with Gasteiger partial charge in [-0.1, -0.05) is 0 Å². The van der Waals surface area contributed by atoms with Crippen molar-refractivity contribution in [2.75, 3.05) is 32.1 Å². The Bertz CT molecular complexity index is 723. The lowest BCUT2D eigenvalue weighted by Gasteiger charge is -2.49. The molecular formula is C15H24N4O3S2. The standard InChI is InChI=1S/C15H24N4O3S2/c1-11(23-2)14(20)18-8-5-15(6-9-18)13-12(16-10-17-13)4-7-19(15)24(3,21)22/h10-11H,4-9H2,1-3H3,(H,16,17). The Balaban J connectivity index is 1.90. The number of amides is 1. The van der Waals surface area contributed by atoms with E-state index in [1.807, 2.05) is 18.1 Å². The minimum Gasteiger partial charge on any atom is -0.348 e. The SMILES string of the molecule is CSC(C)C(=O)N1CCC2(CC1)c1nc[nH]c1CCN2S(C)(=O)=O. The van der Waals surface area contributed by atoms with E-state index in [0.29, 0.717) is 38.9 Å². The van der Waals surface area contributed by atoms with Gasteiger partial charge in [0.1, 0.15) is 0 Å². The van der Waals surface area contributed by atoms with Gasteiger partial charge in [-0.2, -0.15) is 16.1 Å². The summed E-state index contributed by atoms with van der Waals surface area (Å²) in [4.78, 5) is 21.9. The second kappa shape index (κ2) is 6.34. The molecular weight excluding hydrogens is 348 g/mol. The Labute approximate surface area is 147 Å². The van der Waals surface area contributed by atoms with Crippen LogP contribution in [0, 0.1) is 0 Å². The first kappa shape index (κ1) is 17.8. The quantitative estimate of drug-likeness (QED) is 0.848. The number of carbonyl (C=O) groups excluding carboxylic acids is 1. The zero-order valence-electron chi connectivity index (χ0n) is 14.3. The van der Waals surface area contributed by atoms with Crippen molar-refractivity contribution in [3.8, 4) is 0 Å². The third-order valence-electron chi connectivity index (χ3n) is 5.21. The number of imidazole rings is 1. The molecule has 9 heteroatoms. The van der Waals surface area contributed by atoms with Gasteiger partial charge in [-0.25, -0.2) is 13.4 Å². The molecule has 0 saturated carbocycles. The van der Waals surface area contributed by atoms with E-state index in [2.05, 4.69) is 9.97 Å². The lowest BCUT2D eigenvalue weighted by Crippen LogP contribution is -2.59. The molecule has 7 nitrogen and oxygen atoms in total. The number of sulfonamides is 1. The molecule has 1 unspecified atom stereocenters. The molecule has 2 aliphatic heterocycles. The summed E-state index contributed by atoms with van der Waals surface area (Å²) in [5.41, 5.74) is 1.23. The molecule has 3 rings (SSSR count). The number of aromatic amines is 1. The second-order valence-electron chi connectivity index (χ2n) is 6.55. The summed E-state index contributed by atoms with van der Waals surface area (Å²) < 4.78 is 26.3. The maximum absolute atomic E-state index is 12.4. The van der Waals surface area contributed by atoms with Crippen molar-refractivity contribution in [2.24, 2.45) is 0 Å². The number of nitrogens with zero attached hydrogens (tertiary/aromatic N) is 3. The summed E-state index contributed by atoms with van der Waals surface area (Å²) in [6.45, 7) is 3.49. The van der Waals surface area contributed by atoms with Gasteiger partial charge >= 0.3 is 0 Å². The molecule has 1 aromatic heterocycles. The topological polar surface area (TPSA) is 86.4 Å². The summed E-state index contributed by atoms with van der Waals surface area (Å²) in [5.74, 6) is 0.126. The summed E-state index contributed by atoms with van der Waals surface area (Å²) in [6, 6.07) is 0. The van der Waals surface area contributed by atoms with Gasteiger partial charge < -0.3 is 9.88 Å². The molecule has 0 bridgehead atoms. The highest BCUT2D eigenvalue weighted by atomic mass is 32.2. The molecule has 2 aliphatic rings. The molecule has 24 heavy (non-hydrogen) atoms. The van der Waals surface area contributed by atoms with E-state index in [-0.39, 0.29) is 11.2 Å². The number of fused-ring (bicyclic) bond motifs is 2. The second-order valence-corrected chi connectivity index (χ2v) is 9.63. The summed E-state index contributed by atoms with van der Waals surface area (Å²) in [7, 11) is -3.34. The number of piperidine rings is 1. The van der Waals surface area contributed by atoms with Gasteiger partial charge in [0.2, 0.25) is 15.9 Å². The Morgan fingerprint density at radius 2 is 2.04 bits per heavy atom. The van der Waals surface area contributed by atoms with Crippen molar-refractivity contribution >= 4 is 27.7 Å². The number of hydrogen-bond donors (Lipinski definition) is 1. The molecule has 0 radical (unpaired) electrons. The van der Waals surface area contributed by atoms with Crippen molar-refractivity contribution < 1.29 is 13.2 Å². The number of likely N-dealkylation sites (tertiary alicyclic amines) is 1. The van der Waals surface area contributed by atoms with Crippen LogP contribution < -0.4 is 0 Å². The first-order chi connectivity index (χ1) is 11.3. The smallest absolute Gasteiger partial charge is 0.235 e. The fourth-order valence-electron chi connectivity index (χ4n) is 3.88. The number of H-pyrrole nitrogens is 1. The Morgan fingerprint density at radius 3 is 2.62 bits per heavy atom. The highest BCUT2D eigenvalue weighted by molar-refractivity contribution is 7.99. The molecule has 1 saturated heterocycles. The van der Waals surface area contributed by atoms with E-state index in [9.17, 15) is 13.2 Å². The minimum absolute atomic E-state index is 0.0719. The van der Waals surface area contributed by atoms with Crippen molar-refractivity contribution in [2.45, 2.75) is 37.0 Å². The fraction of sp³-hybridized carbons (Fsp3) is 0.733. The number of carbonyl (C=O) groups is 1. The zero-order chi connectivity index (χ0) is 17.5. The Kier molecular flexibility index (Phi) is 4.69. The fourth-order valence-corrected chi connectivity index (χ4v) is 5.56. The predicted molar refractivity (Wildman–Crippen MR) is 94.3 cm³/mol. The monoisotopic (exact) mass is 372 g/mol. The zero-order valence-corrected chi connectivity index (χ0v) is 15.9. The summed E-state index contributed by atoms with van der Waals surface area (Å²) in [5, 5.41) is -0.0719. The maximum Gasteiger partial charge on any atom is 0.235 e. The number of rotatable bonds is 3. The van der Waals surface area contributed by atoms with Crippen molar-refractivity contribution in [3.63, 3.8) is 0 Å². The van der Waals surface area contributed by atoms with Crippen LogP contribution in [0.4, 0.5) is 0 Å². The van der Waals surface area contributed by atoms with Crippen molar-refractivity contribution in [1.82, 2.24) is 19.2 Å². The Morgan fingerprint density at radius 1 is 1.38 bits per heavy atom. The first-order valence-corrected chi connectivity index (χ1v) is 11.3. The summed E-state index contributed by atoms with van der Waals surface area (Å²) in [6.07, 6.45) is 6.66. The van der Waals surface area contributed by atoms with E-state index in [0.717, 1.165) is 11.4 Å². The molecule has 1 N–H and O–H groups in total. The van der Waals surface area contributed by atoms with Crippen LogP contribution in [0.2, 0.25) is 0 Å². The molecule has 0 aromatic carbocycles. The molecule has 1 atom stereocenters. The molecule has 1 spiro atoms. The van der Waals surface area contributed by atoms with Gasteiger partial charge in [-0.3, -0.25) is 4.79 Å². The number of nitrogens with one attached hydrogen (secondary N) is 1. The van der Waals surface area contributed by atoms with E-state index in [4.69, 9.17) is 0 Å². The van der Waals surface area contributed by atoms with Gasteiger partial charge in [0.15, 0.2) is 0 Å². The van der Waals surface area contributed by atoms with Crippen LogP contribution in [-0.2, 0) is 26.8 Å². The first-order valence-electron chi connectivity index (χ1n) is 8.12. The largest absolute Gasteiger partial charge is 0.348 e. The lowest BCUT2D eigenvalue weighted by molar-refractivity contribution is -0.132. The normalized spacial score (nSPS) is 22.4. The van der Waals surface area contributed by atoms with Gasteiger partial charge in [0.25, 0.3) is 0 Å². The van der Waals surface area contributed by atoms with Gasteiger partial charge in [0.05, 0.1) is 29.1 Å². The molecule has 1 amide bonds. The van der Waals surface area contributed by atoms with Crippen molar-refractivity contribution in [1.29, 1.82) is 0 Å². The van der Waals surface area contributed by atoms with Crippen LogP contribution >= 0.6 is 11.8 Å². The number of aromatic nitrogens is 2. The maximum atomic E-state index is 12.4. The van der Waals surface area contributed by atoms with Crippen LogP contribution in [-0.4, -0.2) is 70.9 Å². The average molecular weight is 373 g/mol.